The summed E-state index contributed by atoms with van der Waals surface area (Å²) in [6.45, 7) is 0. The van der Waals surface area contributed by atoms with Crippen LogP contribution in [-0.2, 0) is 7.05 Å². The van der Waals surface area contributed by atoms with Crippen LogP contribution in [0.4, 0.5) is 13.2 Å². The molecule has 2 rings (SSSR count). The van der Waals surface area contributed by atoms with Crippen LogP contribution in [0.15, 0.2) is 24.3 Å². The molecule has 0 spiro atoms. The molecule has 1 aromatic carbocycles. The van der Waals surface area contributed by atoms with Crippen molar-refractivity contribution in [2.75, 3.05) is 0 Å². The van der Waals surface area contributed by atoms with Crippen molar-refractivity contribution in [2.24, 2.45) is 12.8 Å². The second-order valence-corrected chi connectivity index (χ2v) is 4.64. The number of para-hydroxylation sites is 1. The van der Waals surface area contributed by atoms with Crippen LogP contribution in [-0.4, -0.2) is 16.0 Å². The van der Waals surface area contributed by atoms with Gasteiger partial charge < -0.3 is 5.73 Å². The molecule has 1 aromatic heterocycles. The molecule has 3 nitrogen and oxygen atoms in total. The van der Waals surface area contributed by atoms with Gasteiger partial charge in [0.2, 0.25) is 0 Å². The summed E-state index contributed by atoms with van der Waals surface area (Å²) in [5, 5.41) is 5.22. The monoisotopic (exact) mass is 271 g/mol. The second-order valence-electron chi connectivity index (χ2n) is 4.64. The second kappa shape index (κ2) is 5.21. The lowest BCUT2D eigenvalue weighted by Crippen LogP contribution is -2.14. The molecule has 1 unspecified atom stereocenters. The van der Waals surface area contributed by atoms with E-state index in [1.54, 1.807) is 11.7 Å². The van der Waals surface area contributed by atoms with E-state index in [0.717, 1.165) is 10.9 Å². The Hall–Kier alpha value is -1.56. The lowest BCUT2D eigenvalue weighted by molar-refractivity contribution is -0.135. The summed E-state index contributed by atoms with van der Waals surface area (Å²) in [6, 6.07) is 7.10. The summed E-state index contributed by atoms with van der Waals surface area (Å²) in [7, 11) is 1.80. The number of nitrogens with zero attached hydrogens (tertiary/aromatic N) is 2. The zero-order valence-corrected chi connectivity index (χ0v) is 10.6. The minimum Gasteiger partial charge on any atom is -0.323 e. The van der Waals surface area contributed by atoms with Gasteiger partial charge in [0.15, 0.2) is 0 Å². The maximum Gasteiger partial charge on any atom is 0.389 e. The zero-order valence-electron chi connectivity index (χ0n) is 10.6. The van der Waals surface area contributed by atoms with E-state index in [2.05, 4.69) is 5.10 Å². The topological polar surface area (TPSA) is 43.8 Å². The van der Waals surface area contributed by atoms with Crippen molar-refractivity contribution in [1.29, 1.82) is 0 Å². The Morgan fingerprint density at radius 1 is 1.32 bits per heavy atom. The Kier molecular flexibility index (Phi) is 3.80. The molecule has 104 valence electrons. The van der Waals surface area contributed by atoms with E-state index in [1.165, 1.54) is 0 Å². The number of alkyl halides is 3. The first-order valence-corrected chi connectivity index (χ1v) is 6.12. The largest absolute Gasteiger partial charge is 0.389 e. The van der Waals surface area contributed by atoms with E-state index in [9.17, 15) is 13.2 Å². The first-order chi connectivity index (χ1) is 8.88. The zero-order chi connectivity index (χ0) is 14.0. The van der Waals surface area contributed by atoms with Gasteiger partial charge in [-0.1, -0.05) is 18.2 Å². The normalized spacial score (nSPS) is 13.9. The number of benzene rings is 1. The van der Waals surface area contributed by atoms with E-state index in [-0.39, 0.29) is 12.8 Å². The predicted octanol–water partition coefficient (Wildman–Crippen LogP) is 3.31. The van der Waals surface area contributed by atoms with E-state index in [0.29, 0.717) is 5.69 Å². The summed E-state index contributed by atoms with van der Waals surface area (Å²) in [5.74, 6) is 0. The van der Waals surface area contributed by atoms with Crippen molar-refractivity contribution in [1.82, 2.24) is 9.78 Å². The fraction of sp³-hybridized carbons (Fsp3) is 0.462. The molecule has 0 aliphatic carbocycles. The fourth-order valence-electron chi connectivity index (χ4n) is 2.17. The van der Waals surface area contributed by atoms with Crippen LogP contribution in [0.1, 0.15) is 31.0 Å². The Morgan fingerprint density at radius 2 is 2.00 bits per heavy atom. The van der Waals surface area contributed by atoms with Gasteiger partial charge in [-0.2, -0.15) is 18.3 Å². The molecule has 0 amide bonds. The highest BCUT2D eigenvalue weighted by molar-refractivity contribution is 5.82. The molecule has 0 bridgehead atoms. The predicted molar refractivity (Wildman–Crippen MR) is 67.5 cm³/mol. The molecule has 0 aliphatic rings. The summed E-state index contributed by atoms with van der Waals surface area (Å²) < 4.78 is 38.0. The van der Waals surface area contributed by atoms with Crippen molar-refractivity contribution >= 4 is 10.9 Å². The third kappa shape index (κ3) is 3.26. The van der Waals surface area contributed by atoms with Gasteiger partial charge in [0.05, 0.1) is 11.2 Å². The molecule has 19 heavy (non-hydrogen) atoms. The Morgan fingerprint density at radius 3 is 2.68 bits per heavy atom. The quantitative estimate of drug-likeness (QED) is 0.927. The summed E-state index contributed by atoms with van der Waals surface area (Å²) in [4.78, 5) is 0. The molecular weight excluding hydrogens is 255 g/mol. The van der Waals surface area contributed by atoms with Crippen molar-refractivity contribution < 1.29 is 13.2 Å². The standard InChI is InChI=1S/C13H16F3N3/c1-19-11-7-3-2-5-9(11)12(18-19)10(17)6-4-8-13(14,15)16/h2-3,5,7,10H,4,6,8,17H2,1H3. The first-order valence-electron chi connectivity index (χ1n) is 6.12. The van der Waals surface area contributed by atoms with Gasteiger partial charge in [-0.05, 0) is 18.9 Å². The molecule has 6 heteroatoms. The van der Waals surface area contributed by atoms with Gasteiger partial charge in [0.1, 0.15) is 0 Å². The third-order valence-corrected chi connectivity index (χ3v) is 3.11. The van der Waals surface area contributed by atoms with Gasteiger partial charge in [0, 0.05) is 24.9 Å². The van der Waals surface area contributed by atoms with Crippen LogP contribution in [0.25, 0.3) is 10.9 Å². The number of hydrogen-bond donors (Lipinski definition) is 1. The average molecular weight is 271 g/mol. The Bertz CT molecular complexity index is 560. The van der Waals surface area contributed by atoms with Crippen LogP contribution in [0.5, 0.6) is 0 Å². The molecule has 1 atom stereocenters. The lowest BCUT2D eigenvalue weighted by atomic mass is 10.0. The molecule has 0 fully saturated rings. The van der Waals surface area contributed by atoms with E-state index in [1.807, 2.05) is 24.3 Å². The fourth-order valence-corrected chi connectivity index (χ4v) is 2.17. The maximum absolute atomic E-state index is 12.1. The van der Waals surface area contributed by atoms with E-state index >= 15 is 0 Å². The van der Waals surface area contributed by atoms with Crippen LogP contribution in [0.2, 0.25) is 0 Å². The summed E-state index contributed by atoms with van der Waals surface area (Å²) in [6.07, 6.45) is -4.62. The van der Waals surface area contributed by atoms with Crippen LogP contribution < -0.4 is 5.73 Å². The number of aromatic nitrogens is 2. The molecule has 1 heterocycles. The van der Waals surface area contributed by atoms with Gasteiger partial charge in [-0.15, -0.1) is 0 Å². The molecular formula is C13H16F3N3. The average Bonchev–Trinajstić information content (AvgIpc) is 2.66. The van der Waals surface area contributed by atoms with E-state index < -0.39 is 18.6 Å². The summed E-state index contributed by atoms with van der Waals surface area (Å²) in [5.41, 5.74) is 7.56. The molecule has 0 radical (unpaired) electrons. The number of hydrogen-bond acceptors (Lipinski definition) is 2. The highest BCUT2D eigenvalue weighted by atomic mass is 19.4. The number of aryl methyl sites for hydroxylation is 1. The molecule has 0 saturated carbocycles. The molecule has 0 saturated heterocycles. The molecule has 2 N–H and O–H groups in total. The SMILES string of the molecule is Cn1nc(C(N)CCCC(F)(F)F)c2ccccc21. The lowest BCUT2D eigenvalue weighted by Gasteiger charge is -2.10. The number of halogens is 3. The summed E-state index contributed by atoms with van der Waals surface area (Å²) >= 11 is 0. The van der Waals surface area contributed by atoms with Gasteiger partial charge in [-0.3, -0.25) is 4.68 Å². The van der Waals surface area contributed by atoms with Crippen molar-refractivity contribution in [3.05, 3.63) is 30.0 Å². The van der Waals surface area contributed by atoms with Crippen LogP contribution in [0, 0.1) is 0 Å². The van der Waals surface area contributed by atoms with Gasteiger partial charge in [-0.25, -0.2) is 0 Å². The maximum atomic E-state index is 12.1. The number of rotatable bonds is 4. The first kappa shape index (κ1) is 13.9. The van der Waals surface area contributed by atoms with Crippen molar-refractivity contribution in [3.63, 3.8) is 0 Å². The van der Waals surface area contributed by atoms with Crippen molar-refractivity contribution in [2.45, 2.75) is 31.5 Å². The Balaban J connectivity index is 2.11. The minimum atomic E-state index is -4.12. The highest BCUT2D eigenvalue weighted by Gasteiger charge is 2.27. The van der Waals surface area contributed by atoms with Gasteiger partial charge >= 0.3 is 6.18 Å². The molecule has 0 aliphatic heterocycles. The van der Waals surface area contributed by atoms with Crippen LogP contribution in [0.3, 0.4) is 0 Å². The highest BCUT2D eigenvalue weighted by Crippen LogP contribution is 2.28. The minimum absolute atomic E-state index is 0.0234. The van der Waals surface area contributed by atoms with Crippen LogP contribution >= 0.6 is 0 Å². The van der Waals surface area contributed by atoms with E-state index in [4.69, 9.17) is 5.73 Å². The Labute approximate surface area is 109 Å². The smallest absolute Gasteiger partial charge is 0.323 e. The van der Waals surface area contributed by atoms with Gasteiger partial charge in [0.25, 0.3) is 0 Å². The molecule has 2 aromatic rings. The number of fused-ring (bicyclic) bond motifs is 1. The number of nitrogens with two attached hydrogens (primary N) is 1. The van der Waals surface area contributed by atoms with Crippen molar-refractivity contribution in [3.8, 4) is 0 Å². The third-order valence-electron chi connectivity index (χ3n) is 3.11.